The molecule has 0 aromatic heterocycles. The standard InChI is InChI=1S/C15H31N3O2.2ClH/c1-4-11-18(5-2)12-10-17-14(19)15(13-20-3)6-8-16-9-7-15;;/h16H,4-13H2,1-3H3,(H,17,19);2*1H. The third-order valence-electron chi connectivity index (χ3n) is 4.16. The SMILES string of the molecule is CCCN(CC)CCNC(=O)C1(COC)CCNCC1.Cl.Cl. The molecule has 134 valence electrons. The second-order valence-electron chi connectivity index (χ2n) is 5.65. The van der Waals surface area contributed by atoms with Crippen LogP contribution >= 0.6 is 24.8 Å². The average Bonchev–Trinajstić information content (AvgIpc) is 2.47. The molecule has 7 heteroatoms. The van der Waals surface area contributed by atoms with Gasteiger partial charge in [0.2, 0.25) is 5.91 Å². The van der Waals surface area contributed by atoms with Gasteiger partial charge in [-0.05, 0) is 45.4 Å². The molecule has 0 bridgehead atoms. The van der Waals surface area contributed by atoms with Gasteiger partial charge in [0.1, 0.15) is 0 Å². The van der Waals surface area contributed by atoms with E-state index in [9.17, 15) is 4.79 Å². The molecule has 1 heterocycles. The molecule has 1 aliphatic heterocycles. The van der Waals surface area contributed by atoms with Crippen LogP contribution in [-0.2, 0) is 9.53 Å². The Labute approximate surface area is 147 Å². The zero-order chi connectivity index (χ0) is 14.8. The number of amides is 1. The maximum Gasteiger partial charge on any atom is 0.228 e. The molecule has 0 aromatic rings. The van der Waals surface area contributed by atoms with Crippen LogP contribution in [0.2, 0.25) is 0 Å². The van der Waals surface area contributed by atoms with Gasteiger partial charge in [-0.15, -0.1) is 24.8 Å². The quantitative estimate of drug-likeness (QED) is 0.659. The zero-order valence-corrected chi connectivity index (χ0v) is 15.8. The van der Waals surface area contributed by atoms with E-state index >= 15 is 0 Å². The lowest BCUT2D eigenvalue weighted by Crippen LogP contribution is -2.51. The van der Waals surface area contributed by atoms with Crippen LogP contribution in [0.5, 0.6) is 0 Å². The van der Waals surface area contributed by atoms with E-state index < -0.39 is 0 Å². The van der Waals surface area contributed by atoms with Crippen LogP contribution < -0.4 is 10.6 Å². The summed E-state index contributed by atoms with van der Waals surface area (Å²) < 4.78 is 5.29. The smallest absolute Gasteiger partial charge is 0.228 e. The van der Waals surface area contributed by atoms with Crippen molar-refractivity contribution in [3.05, 3.63) is 0 Å². The van der Waals surface area contributed by atoms with E-state index in [-0.39, 0.29) is 36.1 Å². The van der Waals surface area contributed by atoms with Crippen molar-refractivity contribution in [3.63, 3.8) is 0 Å². The largest absolute Gasteiger partial charge is 0.384 e. The number of rotatable bonds is 9. The Balaban J connectivity index is 0. The normalized spacial score (nSPS) is 16.5. The van der Waals surface area contributed by atoms with Gasteiger partial charge in [0.05, 0.1) is 12.0 Å². The van der Waals surface area contributed by atoms with Crippen LogP contribution in [0.3, 0.4) is 0 Å². The fourth-order valence-corrected chi connectivity index (χ4v) is 2.88. The highest BCUT2D eigenvalue weighted by Crippen LogP contribution is 2.29. The Kier molecular flexibility index (Phi) is 14.7. The minimum atomic E-state index is -0.332. The van der Waals surface area contributed by atoms with Gasteiger partial charge in [-0.2, -0.15) is 0 Å². The first kappa shape index (κ1) is 24.2. The fraction of sp³-hybridized carbons (Fsp3) is 0.933. The van der Waals surface area contributed by atoms with Gasteiger partial charge < -0.3 is 20.3 Å². The topological polar surface area (TPSA) is 53.6 Å². The van der Waals surface area contributed by atoms with E-state index in [1.165, 1.54) is 0 Å². The number of likely N-dealkylation sites (N-methyl/N-ethyl adjacent to an activating group) is 1. The van der Waals surface area contributed by atoms with Crippen LogP contribution in [0, 0.1) is 5.41 Å². The molecule has 0 spiro atoms. The summed E-state index contributed by atoms with van der Waals surface area (Å²) in [6.07, 6.45) is 2.87. The van der Waals surface area contributed by atoms with Gasteiger partial charge in [-0.25, -0.2) is 0 Å². The number of ether oxygens (including phenoxy) is 1. The van der Waals surface area contributed by atoms with E-state index in [0.29, 0.717) is 6.61 Å². The number of halogens is 2. The third-order valence-corrected chi connectivity index (χ3v) is 4.16. The monoisotopic (exact) mass is 357 g/mol. The molecule has 1 aliphatic rings. The molecule has 2 N–H and O–H groups in total. The molecule has 1 rings (SSSR count). The van der Waals surface area contributed by atoms with Gasteiger partial charge in [-0.1, -0.05) is 13.8 Å². The van der Waals surface area contributed by atoms with Gasteiger partial charge in [-0.3, -0.25) is 4.79 Å². The molecule has 5 nitrogen and oxygen atoms in total. The molecule has 0 unspecified atom stereocenters. The van der Waals surface area contributed by atoms with Crippen molar-refractivity contribution in [2.45, 2.75) is 33.1 Å². The molecule has 0 radical (unpaired) electrons. The zero-order valence-electron chi connectivity index (χ0n) is 14.2. The number of carbonyl (C=O) groups is 1. The number of piperidine rings is 1. The van der Waals surface area contributed by atoms with E-state index in [1.54, 1.807) is 7.11 Å². The molecule has 1 saturated heterocycles. The van der Waals surface area contributed by atoms with E-state index in [4.69, 9.17) is 4.74 Å². The maximum absolute atomic E-state index is 12.5. The molecular formula is C15H33Cl2N3O2. The van der Waals surface area contributed by atoms with E-state index in [1.807, 2.05) is 0 Å². The van der Waals surface area contributed by atoms with Crippen molar-refractivity contribution in [1.29, 1.82) is 0 Å². The Morgan fingerprint density at radius 2 is 1.86 bits per heavy atom. The Morgan fingerprint density at radius 1 is 1.23 bits per heavy atom. The van der Waals surface area contributed by atoms with E-state index in [2.05, 4.69) is 29.4 Å². The molecule has 0 aromatic carbocycles. The second kappa shape index (κ2) is 13.4. The summed E-state index contributed by atoms with van der Waals surface area (Å²) in [5.74, 6) is 0.161. The summed E-state index contributed by atoms with van der Waals surface area (Å²) in [5.41, 5.74) is -0.332. The number of nitrogens with zero attached hydrogens (tertiary/aromatic N) is 1. The molecule has 0 aliphatic carbocycles. The van der Waals surface area contributed by atoms with Crippen molar-refractivity contribution in [1.82, 2.24) is 15.5 Å². The van der Waals surface area contributed by atoms with Gasteiger partial charge in [0.25, 0.3) is 0 Å². The lowest BCUT2D eigenvalue weighted by atomic mass is 9.78. The molecule has 22 heavy (non-hydrogen) atoms. The summed E-state index contributed by atoms with van der Waals surface area (Å²) >= 11 is 0. The first-order chi connectivity index (χ1) is 9.68. The summed E-state index contributed by atoms with van der Waals surface area (Å²) in [5, 5.41) is 6.42. The van der Waals surface area contributed by atoms with E-state index in [0.717, 1.165) is 58.5 Å². The maximum atomic E-state index is 12.5. The lowest BCUT2D eigenvalue weighted by molar-refractivity contribution is -0.136. The minimum absolute atomic E-state index is 0. The first-order valence-electron chi connectivity index (χ1n) is 7.89. The lowest BCUT2D eigenvalue weighted by Gasteiger charge is -2.35. The summed E-state index contributed by atoms with van der Waals surface area (Å²) in [4.78, 5) is 14.9. The van der Waals surface area contributed by atoms with Crippen LogP contribution in [0.25, 0.3) is 0 Å². The molecular weight excluding hydrogens is 325 g/mol. The van der Waals surface area contributed by atoms with Crippen molar-refractivity contribution in [2.75, 3.05) is 53.0 Å². The fourth-order valence-electron chi connectivity index (χ4n) is 2.88. The van der Waals surface area contributed by atoms with Gasteiger partial charge in [0.15, 0.2) is 0 Å². The molecule has 1 amide bonds. The molecule has 1 fully saturated rings. The highest BCUT2D eigenvalue weighted by atomic mass is 35.5. The summed E-state index contributed by atoms with van der Waals surface area (Å²) in [7, 11) is 1.68. The summed E-state index contributed by atoms with van der Waals surface area (Å²) in [6.45, 7) is 10.5. The Hall–Kier alpha value is -0.0700. The highest BCUT2D eigenvalue weighted by molar-refractivity contribution is 5.85. The van der Waals surface area contributed by atoms with Crippen molar-refractivity contribution in [2.24, 2.45) is 5.41 Å². The van der Waals surface area contributed by atoms with Crippen molar-refractivity contribution in [3.8, 4) is 0 Å². The molecule has 0 atom stereocenters. The molecule has 0 saturated carbocycles. The Bertz CT molecular complexity index is 282. The van der Waals surface area contributed by atoms with Crippen LogP contribution in [-0.4, -0.2) is 63.8 Å². The van der Waals surface area contributed by atoms with Crippen molar-refractivity contribution < 1.29 is 9.53 Å². The predicted octanol–water partition coefficient (Wildman–Crippen LogP) is 1.69. The van der Waals surface area contributed by atoms with Crippen LogP contribution in [0.15, 0.2) is 0 Å². The summed E-state index contributed by atoms with van der Waals surface area (Å²) in [6, 6.07) is 0. The Morgan fingerprint density at radius 3 is 2.36 bits per heavy atom. The third kappa shape index (κ3) is 7.47. The number of carbonyl (C=O) groups excluding carboxylic acids is 1. The van der Waals surface area contributed by atoms with Crippen molar-refractivity contribution >= 4 is 30.7 Å². The number of methoxy groups -OCH3 is 1. The minimum Gasteiger partial charge on any atom is -0.384 e. The number of hydrogen-bond donors (Lipinski definition) is 2. The van der Waals surface area contributed by atoms with Crippen LogP contribution in [0.4, 0.5) is 0 Å². The average molecular weight is 358 g/mol. The second-order valence-corrected chi connectivity index (χ2v) is 5.65. The van der Waals surface area contributed by atoms with Crippen LogP contribution in [0.1, 0.15) is 33.1 Å². The first-order valence-corrected chi connectivity index (χ1v) is 7.89. The van der Waals surface area contributed by atoms with Gasteiger partial charge >= 0.3 is 0 Å². The predicted molar refractivity (Wildman–Crippen MR) is 96.3 cm³/mol. The number of nitrogens with one attached hydrogen (secondary N) is 2. The number of hydrogen-bond acceptors (Lipinski definition) is 4. The van der Waals surface area contributed by atoms with Gasteiger partial charge in [0, 0.05) is 20.2 Å². The highest BCUT2D eigenvalue weighted by Gasteiger charge is 2.39.